The first-order valence-electron chi connectivity index (χ1n) is 10.7. The van der Waals surface area contributed by atoms with Gasteiger partial charge in [-0.05, 0) is 30.3 Å². The number of piperazine rings is 1. The highest BCUT2D eigenvalue weighted by Gasteiger charge is 2.38. The summed E-state index contributed by atoms with van der Waals surface area (Å²) >= 11 is 0. The average Bonchev–Trinajstić information content (AvgIpc) is 3.13. The van der Waals surface area contributed by atoms with Crippen LogP contribution < -0.4 is 15.5 Å². The van der Waals surface area contributed by atoms with E-state index in [0.717, 1.165) is 6.07 Å². The maximum atomic E-state index is 13.0. The molecule has 2 aliphatic heterocycles. The Morgan fingerprint density at radius 2 is 1.97 bits per heavy atom. The number of nitrogens with one attached hydrogen (secondary N) is 2. The van der Waals surface area contributed by atoms with E-state index in [4.69, 9.17) is 4.74 Å². The summed E-state index contributed by atoms with van der Waals surface area (Å²) in [7, 11) is 0. The fourth-order valence-corrected chi connectivity index (χ4v) is 4.07. The third-order valence-electron chi connectivity index (χ3n) is 5.87. The molecule has 4 rings (SSSR count). The monoisotopic (exact) mass is 465 g/mol. The molecule has 3 heterocycles. The lowest BCUT2D eigenvalue weighted by molar-refractivity contribution is -0.137. The normalized spacial score (nSPS) is 24.0. The summed E-state index contributed by atoms with van der Waals surface area (Å²) < 4.78 is 44.7. The van der Waals surface area contributed by atoms with E-state index >= 15 is 0 Å². The number of alkyl halides is 3. The van der Waals surface area contributed by atoms with E-state index in [-0.39, 0.29) is 6.61 Å². The number of rotatable bonds is 5. The molecule has 2 aliphatic rings. The van der Waals surface area contributed by atoms with Gasteiger partial charge in [0.25, 0.3) is 0 Å². The van der Waals surface area contributed by atoms with Crippen LogP contribution in [0.2, 0.25) is 0 Å². The summed E-state index contributed by atoms with van der Waals surface area (Å²) in [5, 5.41) is 16.0. The van der Waals surface area contributed by atoms with Gasteiger partial charge < -0.3 is 25.4 Å². The van der Waals surface area contributed by atoms with Crippen LogP contribution in [0.1, 0.15) is 5.56 Å². The first-order chi connectivity index (χ1) is 15.8. The quantitative estimate of drug-likeness (QED) is 0.627. The first kappa shape index (κ1) is 23.3. The van der Waals surface area contributed by atoms with Gasteiger partial charge in [-0.3, -0.25) is 9.88 Å². The molecule has 1 aromatic heterocycles. The van der Waals surface area contributed by atoms with Crippen LogP contribution in [0.25, 0.3) is 0 Å². The van der Waals surface area contributed by atoms with Crippen molar-refractivity contribution >= 4 is 17.4 Å². The van der Waals surface area contributed by atoms with E-state index in [9.17, 15) is 23.1 Å². The number of ether oxygens (including phenoxy) is 1. The van der Waals surface area contributed by atoms with E-state index in [1.165, 1.54) is 18.3 Å². The molecule has 8 nitrogen and oxygen atoms in total. The molecular weight excluding hydrogens is 439 g/mol. The van der Waals surface area contributed by atoms with Gasteiger partial charge in [-0.15, -0.1) is 0 Å². The number of carbonyl (C=O) groups is 1. The first-order valence-corrected chi connectivity index (χ1v) is 10.7. The van der Waals surface area contributed by atoms with Crippen LogP contribution in [0.4, 0.5) is 29.3 Å². The van der Waals surface area contributed by atoms with Gasteiger partial charge in [-0.1, -0.05) is 6.07 Å². The molecule has 1 aromatic carbocycles. The second kappa shape index (κ2) is 9.94. The van der Waals surface area contributed by atoms with Crippen molar-refractivity contribution in [3.63, 3.8) is 0 Å². The molecule has 11 heteroatoms. The van der Waals surface area contributed by atoms with Gasteiger partial charge in [0.15, 0.2) is 0 Å². The number of urea groups is 1. The van der Waals surface area contributed by atoms with Crippen molar-refractivity contribution in [2.24, 2.45) is 0 Å². The molecular formula is C22H26F3N5O3. The summed E-state index contributed by atoms with van der Waals surface area (Å²) in [6, 6.07) is 7.75. The molecule has 0 spiro atoms. The predicted octanol–water partition coefficient (Wildman–Crippen LogP) is 2.17. The lowest BCUT2D eigenvalue weighted by Gasteiger charge is -2.37. The number of nitrogens with zero attached hydrogens (tertiary/aromatic N) is 3. The summed E-state index contributed by atoms with van der Waals surface area (Å²) in [6.45, 7) is 3.06. The fourth-order valence-electron chi connectivity index (χ4n) is 4.07. The number of hydrogen-bond donors (Lipinski definition) is 3. The number of anilines is 2. The van der Waals surface area contributed by atoms with Crippen molar-refractivity contribution in [3.05, 3.63) is 54.4 Å². The van der Waals surface area contributed by atoms with Gasteiger partial charge in [-0.2, -0.15) is 13.2 Å². The Morgan fingerprint density at radius 3 is 2.67 bits per heavy atom. The van der Waals surface area contributed by atoms with Crippen molar-refractivity contribution < 1.29 is 27.8 Å². The van der Waals surface area contributed by atoms with Gasteiger partial charge >= 0.3 is 12.2 Å². The van der Waals surface area contributed by atoms with Crippen LogP contribution in [0.5, 0.6) is 0 Å². The molecule has 2 saturated heterocycles. The smallest absolute Gasteiger partial charge is 0.388 e. The molecule has 2 fully saturated rings. The Hall–Kier alpha value is -2.89. The van der Waals surface area contributed by atoms with Crippen LogP contribution in [-0.4, -0.2) is 78.6 Å². The van der Waals surface area contributed by atoms with E-state index in [2.05, 4.69) is 20.5 Å². The van der Waals surface area contributed by atoms with Crippen molar-refractivity contribution in [3.8, 4) is 0 Å². The molecule has 3 unspecified atom stereocenters. The Balaban J connectivity index is 1.24. The van der Waals surface area contributed by atoms with Gasteiger partial charge in [0.2, 0.25) is 0 Å². The van der Waals surface area contributed by atoms with Gasteiger partial charge in [-0.25, -0.2) is 4.79 Å². The van der Waals surface area contributed by atoms with E-state index in [1.807, 2.05) is 4.90 Å². The number of carbonyl (C=O) groups excluding carboxylic acids is 1. The zero-order valence-electron chi connectivity index (χ0n) is 17.8. The molecule has 178 valence electrons. The average molecular weight is 465 g/mol. The highest BCUT2D eigenvalue weighted by atomic mass is 19.4. The molecule has 3 atom stereocenters. The minimum absolute atomic E-state index is 0.191. The van der Waals surface area contributed by atoms with Crippen molar-refractivity contribution in [2.45, 2.75) is 24.4 Å². The number of aliphatic hydroxyl groups excluding tert-OH is 1. The Labute approximate surface area is 189 Å². The van der Waals surface area contributed by atoms with Crippen LogP contribution >= 0.6 is 0 Å². The highest BCUT2D eigenvalue weighted by molar-refractivity contribution is 5.89. The third-order valence-corrected chi connectivity index (χ3v) is 5.87. The van der Waals surface area contributed by atoms with E-state index < -0.39 is 36.0 Å². The van der Waals surface area contributed by atoms with Crippen molar-refractivity contribution in [1.29, 1.82) is 0 Å². The minimum atomic E-state index is -4.37. The SMILES string of the molecule is O=C(Nc1cccnc1)NC1COC(CN2CCN(c3cccc(C(F)(F)F)c3)CC2)C1O. The van der Waals surface area contributed by atoms with Crippen LogP contribution in [-0.2, 0) is 10.9 Å². The second-order valence-corrected chi connectivity index (χ2v) is 8.14. The lowest BCUT2D eigenvalue weighted by atomic mass is 10.1. The van der Waals surface area contributed by atoms with Crippen molar-refractivity contribution in [1.82, 2.24) is 15.2 Å². The second-order valence-electron chi connectivity index (χ2n) is 8.14. The lowest BCUT2D eigenvalue weighted by Crippen LogP contribution is -2.51. The van der Waals surface area contributed by atoms with E-state index in [0.29, 0.717) is 44.1 Å². The minimum Gasteiger partial charge on any atom is -0.388 e. The summed E-state index contributed by atoms with van der Waals surface area (Å²) in [4.78, 5) is 20.1. The van der Waals surface area contributed by atoms with Gasteiger partial charge in [0.1, 0.15) is 6.10 Å². The Bertz CT molecular complexity index is 938. The zero-order chi connectivity index (χ0) is 23.4. The molecule has 33 heavy (non-hydrogen) atoms. The molecule has 2 amide bonds. The van der Waals surface area contributed by atoms with Gasteiger partial charge in [0.05, 0.1) is 36.2 Å². The van der Waals surface area contributed by atoms with Gasteiger partial charge in [0, 0.05) is 44.6 Å². The number of hydrogen-bond acceptors (Lipinski definition) is 6. The molecule has 0 bridgehead atoms. The fraction of sp³-hybridized carbons (Fsp3) is 0.455. The summed E-state index contributed by atoms with van der Waals surface area (Å²) in [5.41, 5.74) is 0.431. The van der Waals surface area contributed by atoms with Crippen molar-refractivity contribution in [2.75, 3.05) is 49.5 Å². The molecule has 0 radical (unpaired) electrons. The molecule has 0 saturated carbocycles. The largest absolute Gasteiger partial charge is 0.416 e. The Morgan fingerprint density at radius 1 is 1.18 bits per heavy atom. The molecule has 2 aromatic rings. The third kappa shape index (κ3) is 5.92. The topological polar surface area (TPSA) is 90.0 Å². The number of benzene rings is 1. The zero-order valence-corrected chi connectivity index (χ0v) is 17.8. The predicted molar refractivity (Wildman–Crippen MR) is 116 cm³/mol. The van der Waals surface area contributed by atoms with Crippen LogP contribution in [0, 0.1) is 0 Å². The number of aliphatic hydroxyl groups is 1. The molecule has 3 N–H and O–H groups in total. The standard InChI is InChI=1S/C22H26F3N5O3/c23-22(24,25)15-3-1-5-17(11-15)30-9-7-29(8-10-30)13-19-20(31)18(14-33-19)28-21(32)27-16-4-2-6-26-12-16/h1-6,11-12,18-20,31H,7-10,13-14H2,(H2,27,28,32). The number of pyridine rings is 1. The van der Waals surface area contributed by atoms with Crippen LogP contribution in [0.3, 0.4) is 0 Å². The number of aromatic nitrogens is 1. The molecule has 0 aliphatic carbocycles. The number of amides is 2. The Kier molecular flexibility index (Phi) is 7.01. The number of halogens is 3. The maximum Gasteiger partial charge on any atom is 0.416 e. The van der Waals surface area contributed by atoms with Crippen LogP contribution in [0.15, 0.2) is 48.8 Å². The highest BCUT2D eigenvalue weighted by Crippen LogP contribution is 2.32. The van der Waals surface area contributed by atoms with E-state index in [1.54, 1.807) is 24.4 Å². The summed E-state index contributed by atoms with van der Waals surface area (Å²) in [6.07, 6.45) is -2.59. The summed E-state index contributed by atoms with van der Waals surface area (Å²) in [5.74, 6) is 0. The maximum absolute atomic E-state index is 13.0.